The highest BCUT2D eigenvalue weighted by Crippen LogP contribution is 2.25. The van der Waals surface area contributed by atoms with Gasteiger partial charge in [-0.15, -0.1) is 0 Å². The quantitative estimate of drug-likeness (QED) is 0.710. The van der Waals surface area contributed by atoms with E-state index in [4.69, 9.17) is 16.3 Å². The molecule has 3 rings (SSSR count). The zero-order chi connectivity index (χ0) is 19.6. The number of rotatable bonds is 7. The largest absolute Gasteiger partial charge is 0.378 e. The zero-order valence-electron chi connectivity index (χ0n) is 15.3. The summed E-state index contributed by atoms with van der Waals surface area (Å²) >= 11 is 6.05. The van der Waals surface area contributed by atoms with Gasteiger partial charge in [-0.05, 0) is 25.1 Å². The van der Waals surface area contributed by atoms with Gasteiger partial charge in [0.15, 0.2) is 5.03 Å². The molecule has 27 heavy (non-hydrogen) atoms. The molecule has 1 fully saturated rings. The highest BCUT2D eigenvalue weighted by atomic mass is 35.5. The van der Waals surface area contributed by atoms with Gasteiger partial charge in [0.2, 0.25) is 0 Å². The van der Waals surface area contributed by atoms with Crippen molar-refractivity contribution in [3.63, 3.8) is 0 Å². The van der Waals surface area contributed by atoms with Crippen LogP contribution in [0.3, 0.4) is 0 Å². The van der Waals surface area contributed by atoms with Gasteiger partial charge in [-0.25, -0.2) is 13.4 Å². The summed E-state index contributed by atoms with van der Waals surface area (Å²) in [4.78, 5) is 3.99. The maximum Gasteiger partial charge on any atom is 0.262 e. The second-order valence-corrected chi connectivity index (χ2v) is 9.09. The summed E-state index contributed by atoms with van der Waals surface area (Å²) in [6.45, 7) is 6.60. The number of hydrogen-bond donors (Lipinski definition) is 1. The molecule has 0 radical (unpaired) electrons. The summed E-state index contributed by atoms with van der Waals surface area (Å²) in [7, 11) is -1.96. The zero-order valence-corrected chi connectivity index (χ0v) is 16.9. The van der Waals surface area contributed by atoms with Crippen molar-refractivity contribution in [2.75, 3.05) is 25.0 Å². The number of ether oxygens (including phenoxy) is 1. The number of aryl methyl sites for hydroxylation is 1. The second-order valence-electron chi connectivity index (χ2n) is 6.77. The summed E-state index contributed by atoms with van der Waals surface area (Å²) in [6.07, 6.45) is 2.65. The van der Waals surface area contributed by atoms with E-state index >= 15 is 0 Å². The molecular formula is C18H23ClN4O3S. The molecule has 2 heterocycles. The molecule has 1 N–H and O–H groups in total. The molecule has 0 aliphatic carbocycles. The Labute approximate surface area is 164 Å². The Balaban J connectivity index is 1.81. The van der Waals surface area contributed by atoms with Gasteiger partial charge >= 0.3 is 0 Å². The molecule has 1 aromatic heterocycles. The lowest BCUT2D eigenvalue weighted by atomic mass is 10.2. The highest BCUT2D eigenvalue weighted by molar-refractivity contribution is 7.89. The number of aromatic nitrogens is 2. The van der Waals surface area contributed by atoms with Gasteiger partial charge in [0.1, 0.15) is 0 Å². The summed E-state index contributed by atoms with van der Waals surface area (Å²) in [5.74, 6) is 0. The molecule has 0 saturated carbocycles. The molecule has 0 amide bonds. The van der Waals surface area contributed by atoms with Crippen molar-refractivity contribution in [3.8, 4) is 0 Å². The molecule has 2 aromatic rings. The minimum Gasteiger partial charge on any atom is -0.378 e. The Bertz CT molecular complexity index is 928. The molecule has 1 aliphatic heterocycles. The van der Waals surface area contributed by atoms with E-state index in [1.54, 1.807) is 23.7 Å². The van der Waals surface area contributed by atoms with Gasteiger partial charge in [-0.2, -0.15) is 4.31 Å². The van der Waals surface area contributed by atoms with Crippen LogP contribution in [0.4, 0.5) is 5.69 Å². The summed E-state index contributed by atoms with van der Waals surface area (Å²) < 4.78 is 34.8. The molecule has 7 nitrogen and oxygen atoms in total. The number of nitrogens with zero attached hydrogens (tertiary/aromatic N) is 3. The molecular weight excluding hydrogens is 388 g/mol. The summed E-state index contributed by atoms with van der Waals surface area (Å²) in [5, 5.41) is 3.98. The number of halogens is 1. The Hall–Kier alpha value is -1.87. The molecule has 146 valence electrons. The minimum atomic E-state index is -3.69. The Morgan fingerprint density at radius 2 is 2.22 bits per heavy atom. The third-order valence-corrected chi connectivity index (χ3v) is 6.19. The van der Waals surface area contributed by atoms with E-state index in [2.05, 4.69) is 16.9 Å². The third kappa shape index (κ3) is 4.70. The van der Waals surface area contributed by atoms with Crippen LogP contribution < -0.4 is 5.32 Å². The van der Waals surface area contributed by atoms with E-state index in [9.17, 15) is 8.42 Å². The normalized spacial score (nSPS) is 20.7. The van der Waals surface area contributed by atoms with Crippen LogP contribution in [0.2, 0.25) is 5.02 Å². The third-order valence-electron chi connectivity index (χ3n) is 4.24. The maximum atomic E-state index is 12.9. The van der Waals surface area contributed by atoms with Gasteiger partial charge in [0.25, 0.3) is 10.0 Å². The first-order chi connectivity index (χ1) is 12.8. The van der Waals surface area contributed by atoms with E-state index in [1.165, 1.54) is 16.8 Å². The van der Waals surface area contributed by atoms with E-state index in [1.807, 2.05) is 19.1 Å². The van der Waals surface area contributed by atoms with Crippen molar-refractivity contribution in [2.45, 2.75) is 24.1 Å². The van der Waals surface area contributed by atoms with Crippen molar-refractivity contribution in [3.05, 3.63) is 54.0 Å². The summed E-state index contributed by atoms with van der Waals surface area (Å²) in [6, 6.07) is 7.09. The monoisotopic (exact) mass is 410 g/mol. The lowest BCUT2D eigenvalue weighted by Crippen LogP contribution is -2.34. The van der Waals surface area contributed by atoms with Crippen LogP contribution >= 0.6 is 11.6 Å². The maximum absolute atomic E-state index is 12.9. The fourth-order valence-electron chi connectivity index (χ4n) is 2.94. The number of anilines is 1. The Morgan fingerprint density at radius 3 is 2.85 bits per heavy atom. The van der Waals surface area contributed by atoms with Crippen LogP contribution in [-0.4, -0.2) is 54.1 Å². The predicted molar refractivity (Wildman–Crippen MR) is 105 cm³/mol. The highest BCUT2D eigenvalue weighted by Gasteiger charge is 2.41. The topological polar surface area (TPSA) is 76.5 Å². The van der Waals surface area contributed by atoms with Crippen LogP contribution in [0.5, 0.6) is 0 Å². The minimum absolute atomic E-state index is 0.0343. The Kier molecular flexibility index (Phi) is 5.90. The van der Waals surface area contributed by atoms with Crippen LogP contribution in [-0.2, 0) is 21.8 Å². The van der Waals surface area contributed by atoms with Crippen LogP contribution in [0.15, 0.2) is 54.0 Å². The standard InChI is InChI=1S/C18H23ClN4O3S/c1-13(2)11-26-17-9-23(27(24,25)18-10-22(3)12-20-18)8-16(17)21-15-6-4-5-14(19)7-15/h4-7,10,12,16-17,21H,1,8-9,11H2,2-3H3/t16-,17-/m1/s1. The predicted octanol–water partition coefficient (Wildman–Crippen LogP) is 2.52. The second kappa shape index (κ2) is 8.02. The van der Waals surface area contributed by atoms with Gasteiger partial charge in [0, 0.05) is 37.0 Å². The molecule has 1 aliphatic rings. The lowest BCUT2D eigenvalue weighted by molar-refractivity contribution is 0.0747. The van der Waals surface area contributed by atoms with E-state index < -0.39 is 10.0 Å². The average Bonchev–Trinajstić information content (AvgIpc) is 3.20. The van der Waals surface area contributed by atoms with Crippen molar-refractivity contribution >= 4 is 27.3 Å². The van der Waals surface area contributed by atoms with Gasteiger partial charge in [0.05, 0.1) is 25.1 Å². The first-order valence-electron chi connectivity index (χ1n) is 8.52. The summed E-state index contributed by atoms with van der Waals surface area (Å²) in [5.41, 5.74) is 1.69. The van der Waals surface area contributed by atoms with Crippen LogP contribution in [0, 0.1) is 0 Å². The van der Waals surface area contributed by atoms with Crippen molar-refractivity contribution in [1.82, 2.24) is 13.9 Å². The molecule has 0 unspecified atom stereocenters. The van der Waals surface area contributed by atoms with E-state index in [0.29, 0.717) is 11.6 Å². The average molecular weight is 411 g/mol. The first kappa shape index (κ1) is 19.9. The van der Waals surface area contributed by atoms with E-state index in [0.717, 1.165) is 11.3 Å². The van der Waals surface area contributed by atoms with Crippen LogP contribution in [0.25, 0.3) is 0 Å². The SMILES string of the molecule is C=C(C)CO[C@@H]1CN(S(=O)(=O)c2cn(C)cn2)C[C@H]1Nc1cccc(Cl)c1. The number of nitrogens with one attached hydrogen (secondary N) is 1. The first-order valence-corrected chi connectivity index (χ1v) is 10.3. The Morgan fingerprint density at radius 1 is 1.44 bits per heavy atom. The van der Waals surface area contributed by atoms with Gasteiger partial charge in [-0.3, -0.25) is 0 Å². The molecule has 2 atom stereocenters. The van der Waals surface area contributed by atoms with Crippen molar-refractivity contribution < 1.29 is 13.2 Å². The van der Waals surface area contributed by atoms with Crippen LogP contribution in [0.1, 0.15) is 6.92 Å². The number of sulfonamides is 1. The number of benzene rings is 1. The lowest BCUT2D eigenvalue weighted by Gasteiger charge is -2.21. The fraction of sp³-hybridized carbons (Fsp3) is 0.389. The molecule has 0 spiro atoms. The van der Waals surface area contributed by atoms with Gasteiger partial charge in [-0.1, -0.05) is 29.8 Å². The number of hydrogen-bond acceptors (Lipinski definition) is 5. The molecule has 0 bridgehead atoms. The smallest absolute Gasteiger partial charge is 0.262 e. The molecule has 9 heteroatoms. The molecule has 1 aromatic carbocycles. The fourth-order valence-corrected chi connectivity index (χ4v) is 4.57. The molecule has 1 saturated heterocycles. The van der Waals surface area contributed by atoms with Crippen molar-refractivity contribution in [1.29, 1.82) is 0 Å². The number of imidazole rings is 1. The van der Waals surface area contributed by atoms with Crippen molar-refractivity contribution in [2.24, 2.45) is 7.05 Å². The van der Waals surface area contributed by atoms with E-state index in [-0.39, 0.29) is 30.3 Å². The van der Waals surface area contributed by atoms with Gasteiger partial charge < -0.3 is 14.6 Å².